The molecule has 1 aliphatic heterocycles. The molecule has 5 heteroatoms. The summed E-state index contributed by atoms with van der Waals surface area (Å²) in [6.45, 7) is 4.00. The SMILES string of the molecule is CC(C)N1C(=O)C(=Nc2sc3c(c2C#N)CCCC3)c2ccccc21. The number of carbonyl (C=O) groups is 1. The van der Waals surface area contributed by atoms with E-state index in [4.69, 9.17) is 4.99 Å². The number of nitrogens with zero attached hydrogens (tertiary/aromatic N) is 3. The summed E-state index contributed by atoms with van der Waals surface area (Å²) >= 11 is 1.58. The summed E-state index contributed by atoms with van der Waals surface area (Å²) in [7, 11) is 0. The smallest absolute Gasteiger partial charge is 0.277 e. The summed E-state index contributed by atoms with van der Waals surface area (Å²) in [6.07, 6.45) is 4.25. The summed E-state index contributed by atoms with van der Waals surface area (Å²) in [5.41, 5.74) is 4.04. The number of aryl methyl sites for hydroxylation is 1. The fourth-order valence-corrected chi connectivity index (χ4v) is 4.91. The maximum absolute atomic E-state index is 13.0. The third-order valence-corrected chi connectivity index (χ3v) is 6.02. The first kappa shape index (κ1) is 16.0. The molecule has 0 bridgehead atoms. The largest absolute Gasteiger partial charge is 0.304 e. The Kier molecular flexibility index (Phi) is 3.93. The number of hydrogen-bond donors (Lipinski definition) is 0. The van der Waals surface area contributed by atoms with Crippen molar-refractivity contribution < 1.29 is 4.79 Å². The second-order valence-corrected chi connectivity index (χ2v) is 7.83. The van der Waals surface area contributed by atoms with E-state index in [-0.39, 0.29) is 11.9 Å². The molecule has 0 N–H and O–H groups in total. The first-order valence-electron chi connectivity index (χ1n) is 8.68. The molecule has 0 saturated carbocycles. The highest BCUT2D eigenvalue weighted by atomic mass is 32.1. The predicted molar refractivity (Wildman–Crippen MR) is 101 cm³/mol. The fraction of sp³-hybridized carbons (Fsp3) is 0.350. The standard InChI is InChI=1S/C20H19N3OS/c1-12(2)23-16-9-5-3-8-14(16)18(20(23)24)22-19-15(11-21)13-7-4-6-10-17(13)25-19/h3,5,8-9,12H,4,6-7,10H2,1-2H3. The van der Waals surface area contributed by atoms with Gasteiger partial charge in [0.15, 0.2) is 0 Å². The predicted octanol–water partition coefficient (Wildman–Crippen LogP) is 4.37. The van der Waals surface area contributed by atoms with Crippen LogP contribution in [0.25, 0.3) is 0 Å². The van der Waals surface area contributed by atoms with E-state index in [0.717, 1.165) is 42.5 Å². The molecule has 0 radical (unpaired) electrons. The topological polar surface area (TPSA) is 56.5 Å². The second-order valence-electron chi connectivity index (χ2n) is 6.75. The Labute approximate surface area is 151 Å². The van der Waals surface area contributed by atoms with Crippen molar-refractivity contribution in [1.29, 1.82) is 5.26 Å². The summed E-state index contributed by atoms with van der Waals surface area (Å²) in [4.78, 5) is 20.7. The zero-order valence-corrected chi connectivity index (χ0v) is 15.2. The molecule has 1 aromatic heterocycles. The molecule has 4 rings (SSSR count). The highest BCUT2D eigenvalue weighted by molar-refractivity contribution is 7.16. The van der Waals surface area contributed by atoms with Gasteiger partial charge in [-0.2, -0.15) is 5.26 Å². The molecule has 2 aliphatic rings. The van der Waals surface area contributed by atoms with Gasteiger partial charge in [-0.1, -0.05) is 18.2 Å². The van der Waals surface area contributed by atoms with E-state index in [1.807, 2.05) is 38.1 Å². The molecule has 0 atom stereocenters. The molecule has 1 amide bonds. The molecule has 0 saturated heterocycles. The van der Waals surface area contributed by atoms with E-state index < -0.39 is 0 Å². The lowest BCUT2D eigenvalue weighted by Crippen LogP contribution is -2.35. The van der Waals surface area contributed by atoms with Crippen molar-refractivity contribution >= 4 is 33.6 Å². The van der Waals surface area contributed by atoms with Crippen LogP contribution in [-0.4, -0.2) is 17.7 Å². The van der Waals surface area contributed by atoms with Gasteiger partial charge in [0.05, 0.1) is 11.3 Å². The number of anilines is 1. The van der Waals surface area contributed by atoms with Crippen molar-refractivity contribution in [3.05, 3.63) is 45.8 Å². The van der Waals surface area contributed by atoms with E-state index in [1.165, 1.54) is 4.88 Å². The van der Waals surface area contributed by atoms with E-state index in [2.05, 4.69) is 6.07 Å². The van der Waals surface area contributed by atoms with Crippen LogP contribution in [0.1, 0.15) is 48.3 Å². The maximum Gasteiger partial charge on any atom is 0.277 e. The third kappa shape index (κ3) is 2.49. The number of carbonyl (C=O) groups excluding carboxylic acids is 1. The zero-order chi connectivity index (χ0) is 17.6. The van der Waals surface area contributed by atoms with Gasteiger partial charge in [0.1, 0.15) is 16.8 Å². The molecule has 0 spiro atoms. The van der Waals surface area contributed by atoms with Crippen LogP contribution >= 0.6 is 11.3 Å². The Balaban J connectivity index is 1.87. The van der Waals surface area contributed by atoms with Gasteiger partial charge < -0.3 is 4.90 Å². The lowest BCUT2D eigenvalue weighted by atomic mass is 9.96. The average Bonchev–Trinajstić information content (AvgIpc) is 3.10. The van der Waals surface area contributed by atoms with Gasteiger partial charge in [-0.15, -0.1) is 11.3 Å². The highest BCUT2D eigenvalue weighted by Crippen LogP contribution is 2.41. The first-order valence-corrected chi connectivity index (χ1v) is 9.49. The van der Waals surface area contributed by atoms with Crippen LogP contribution in [-0.2, 0) is 17.6 Å². The quantitative estimate of drug-likeness (QED) is 0.808. The van der Waals surface area contributed by atoms with Gasteiger partial charge >= 0.3 is 0 Å². The molecule has 1 aromatic carbocycles. The first-order chi connectivity index (χ1) is 12.1. The van der Waals surface area contributed by atoms with E-state index in [1.54, 1.807) is 16.2 Å². The van der Waals surface area contributed by atoms with Crippen LogP contribution in [0, 0.1) is 11.3 Å². The highest BCUT2D eigenvalue weighted by Gasteiger charge is 2.35. The Morgan fingerprint density at radius 3 is 2.76 bits per heavy atom. The lowest BCUT2D eigenvalue weighted by molar-refractivity contribution is -0.112. The summed E-state index contributed by atoms with van der Waals surface area (Å²) in [5.74, 6) is -0.0774. The Morgan fingerprint density at radius 1 is 1.24 bits per heavy atom. The van der Waals surface area contributed by atoms with Crippen LogP contribution in [0.15, 0.2) is 29.3 Å². The van der Waals surface area contributed by atoms with E-state index >= 15 is 0 Å². The number of hydrogen-bond acceptors (Lipinski definition) is 4. The van der Waals surface area contributed by atoms with Crippen LogP contribution in [0.4, 0.5) is 10.7 Å². The molecule has 4 nitrogen and oxygen atoms in total. The Hall–Kier alpha value is -2.45. The summed E-state index contributed by atoms with van der Waals surface area (Å²) in [5, 5.41) is 10.3. The number of fused-ring (bicyclic) bond motifs is 2. The summed E-state index contributed by atoms with van der Waals surface area (Å²) < 4.78 is 0. The van der Waals surface area contributed by atoms with Crippen LogP contribution < -0.4 is 4.90 Å². The van der Waals surface area contributed by atoms with Gasteiger partial charge in [-0.25, -0.2) is 4.99 Å². The van der Waals surface area contributed by atoms with Crippen molar-refractivity contribution in [2.45, 2.75) is 45.6 Å². The number of aliphatic imine (C=N–C) groups is 1. The minimum atomic E-state index is -0.0774. The molecule has 2 aromatic rings. The normalized spacial score (nSPS) is 17.8. The minimum Gasteiger partial charge on any atom is -0.304 e. The Morgan fingerprint density at radius 2 is 2.00 bits per heavy atom. The average molecular weight is 349 g/mol. The summed E-state index contributed by atoms with van der Waals surface area (Å²) in [6, 6.07) is 10.2. The lowest BCUT2D eigenvalue weighted by Gasteiger charge is -2.20. The van der Waals surface area contributed by atoms with Crippen molar-refractivity contribution in [2.24, 2.45) is 4.99 Å². The van der Waals surface area contributed by atoms with Crippen molar-refractivity contribution in [2.75, 3.05) is 4.90 Å². The molecular formula is C20H19N3OS. The minimum absolute atomic E-state index is 0.0633. The number of rotatable bonds is 2. The van der Waals surface area contributed by atoms with Crippen LogP contribution in [0.3, 0.4) is 0 Å². The monoisotopic (exact) mass is 349 g/mol. The Bertz CT molecular complexity index is 933. The van der Waals surface area contributed by atoms with E-state index in [0.29, 0.717) is 16.3 Å². The van der Waals surface area contributed by atoms with E-state index in [9.17, 15) is 10.1 Å². The van der Waals surface area contributed by atoms with Gasteiger partial charge in [0.25, 0.3) is 5.91 Å². The van der Waals surface area contributed by atoms with Gasteiger partial charge in [0, 0.05) is 16.5 Å². The molecular weight excluding hydrogens is 330 g/mol. The van der Waals surface area contributed by atoms with Crippen LogP contribution in [0.2, 0.25) is 0 Å². The third-order valence-electron chi connectivity index (χ3n) is 4.83. The van der Waals surface area contributed by atoms with Gasteiger partial charge in [-0.3, -0.25) is 4.79 Å². The van der Waals surface area contributed by atoms with Gasteiger partial charge in [0.2, 0.25) is 0 Å². The molecule has 25 heavy (non-hydrogen) atoms. The maximum atomic E-state index is 13.0. The number of nitriles is 1. The number of thiophene rings is 1. The van der Waals surface area contributed by atoms with Gasteiger partial charge in [-0.05, 0) is 51.2 Å². The number of para-hydroxylation sites is 1. The number of benzene rings is 1. The zero-order valence-electron chi connectivity index (χ0n) is 14.4. The fourth-order valence-electron chi connectivity index (χ4n) is 3.69. The van der Waals surface area contributed by atoms with Crippen molar-refractivity contribution in [3.8, 4) is 6.07 Å². The second kappa shape index (κ2) is 6.12. The number of amides is 1. The van der Waals surface area contributed by atoms with Crippen molar-refractivity contribution in [3.63, 3.8) is 0 Å². The molecule has 126 valence electrons. The molecule has 0 fully saturated rings. The molecule has 1 aliphatic carbocycles. The van der Waals surface area contributed by atoms with Crippen LogP contribution in [0.5, 0.6) is 0 Å². The molecule has 0 unspecified atom stereocenters. The molecule has 2 heterocycles. The van der Waals surface area contributed by atoms with Crippen molar-refractivity contribution in [1.82, 2.24) is 0 Å².